The lowest BCUT2D eigenvalue weighted by Gasteiger charge is -2.43. The third-order valence-corrected chi connectivity index (χ3v) is 10.2. The van der Waals surface area contributed by atoms with Crippen LogP contribution in [0, 0.1) is 0 Å². The molecule has 1 fully saturated rings. The molecule has 1 saturated heterocycles. The van der Waals surface area contributed by atoms with E-state index in [4.69, 9.17) is 51.6 Å². The van der Waals surface area contributed by atoms with E-state index in [1.807, 2.05) is 60.7 Å². The quantitative estimate of drug-likeness (QED) is 0.0704. The van der Waals surface area contributed by atoms with E-state index in [2.05, 4.69) is 0 Å². The zero-order chi connectivity index (χ0) is 50.7. The topological polar surface area (TPSA) is 265 Å². The zero-order valence-electron chi connectivity index (χ0n) is 38.3. The Morgan fingerprint density at radius 1 is 0.586 bits per heavy atom. The van der Waals surface area contributed by atoms with E-state index >= 15 is 0 Å². The van der Waals surface area contributed by atoms with E-state index in [1.54, 1.807) is 25.1 Å². The van der Waals surface area contributed by atoms with Gasteiger partial charge in [0, 0.05) is 68.7 Å². The standard InChI is InChI=1S/C31H32O12.C19H16O5.CO2/c1-17-28(39-18(2)32)29(40-19(3)33)30(41-20(4)34)31(38-17)42-23-11-12-24-22(14-27(36)43-25(24)15-23)10-13-26(35)37-16-21-8-6-5-7-9-21;20-15-7-8-16-14(10-19(22)24-17(16)11-15)6-9-18(21)23-12-13-4-2-1-3-5-13;2-1-3/h5-9,11-12,14-15,17,28-31H,10,13,16H2,1-4H3;1-5,7-8,10-11,20H,6,9,12H2;. The molecule has 5 atom stereocenters. The van der Waals surface area contributed by atoms with Crippen molar-refractivity contribution in [1.29, 1.82) is 0 Å². The van der Waals surface area contributed by atoms with E-state index in [9.17, 15) is 38.7 Å². The van der Waals surface area contributed by atoms with E-state index < -0.39 is 65.8 Å². The van der Waals surface area contributed by atoms with E-state index in [0.29, 0.717) is 33.9 Å². The van der Waals surface area contributed by atoms with Crippen LogP contribution < -0.4 is 16.0 Å². The van der Waals surface area contributed by atoms with Crippen molar-refractivity contribution in [2.45, 2.75) is 97.3 Å². The Hall–Kier alpha value is -8.41. The summed E-state index contributed by atoms with van der Waals surface area (Å²) in [5.74, 6) is -2.62. The molecule has 7 rings (SSSR count). The minimum atomic E-state index is -1.31. The van der Waals surface area contributed by atoms with Gasteiger partial charge < -0.3 is 47.1 Å². The first kappa shape index (κ1) is 52.6. The number of carbonyl (C=O) groups is 5. The number of phenolic OH excluding ortho intramolecular Hbond substituents is 1. The van der Waals surface area contributed by atoms with Crippen LogP contribution in [0.4, 0.5) is 0 Å². The van der Waals surface area contributed by atoms with E-state index in [1.165, 1.54) is 37.3 Å². The molecule has 5 unspecified atom stereocenters. The van der Waals surface area contributed by atoms with Crippen LogP contribution in [0.3, 0.4) is 0 Å². The summed E-state index contributed by atoms with van der Waals surface area (Å²) in [5, 5.41) is 10.7. The molecule has 0 spiro atoms. The highest BCUT2D eigenvalue weighted by Crippen LogP contribution is 2.32. The number of phenols is 1. The highest BCUT2D eigenvalue weighted by molar-refractivity contribution is 5.83. The van der Waals surface area contributed by atoms with Gasteiger partial charge in [-0.2, -0.15) is 9.59 Å². The lowest BCUT2D eigenvalue weighted by molar-refractivity contribution is -0.280. The minimum absolute atomic E-state index is 0.0186. The number of esters is 5. The third kappa shape index (κ3) is 15.9. The second-order valence-electron chi connectivity index (χ2n) is 15.4. The highest BCUT2D eigenvalue weighted by atomic mass is 16.7. The predicted octanol–water partition coefficient (Wildman–Crippen LogP) is 5.98. The average molecular weight is 965 g/mol. The van der Waals surface area contributed by atoms with Gasteiger partial charge >= 0.3 is 47.2 Å². The fourth-order valence-electron chi connectivity index (χ4n) is 7.21. The van der Waals surface area contributed by atoms with Gasteiger partial charge in [0.15, 0.2) is 12.2 Å². The number of rotatable bonds is 15. The summed E-state index contributed by atoms with van der Waals surface area (Å²) in [6.07, 6.45) is -4.69. The number of carbonyl (C=O) groups excluding carboxylic acids is 7. The summed E-state index contributed by atoms with van der Waals surface area (Å²) in [6, 6.07) is 30.6. The van der Waals surface area contributed by atoms with Gasteiger partial charge in [0.1, 0.15) is 35.9 Å². The fraction of sp³-hybridized carbons (Fsp3) is 0.294. The van der Waals surface area contributed by atoms with Gasteiger partial charge in [0.05, 0.1) is 6.10 Å². The van der Waals surface area contributed by atoms with Crippen molar-refractivity contribution in [2.24, 2.45) is 0 Å². The highest BCUT2D eigenvalue weighted by Gasteiger charge is 2.51. The van der Waals surface area contributed by atoms with Crippen LogP contribution in [0.15, 0.2) is 128 Å². The monoisotopic (exact) mass is 964 g/mol. The van der Waals surface area contributed by atoms with Gasteiger partial charge in [0.25, 0.3) is 0 Å². The van der Waals surface area contributed by atoms with Gasteiger partial charge in [-0.15, -0.1) is 0 Å². The molecule has 2 aromatic heterocycles. The summed E-state index contributed by atoms with van der Waals surface area (Å²) in [5.41, 5.74) is 2.40. The predicted molar refractivity (Wildman–Crippen MR) is 242 cm³/mol. The number of aromatic hydroxyl groups is 1. The van der Waals surface area contributed by atoms with E-state index in [0.717, 1.165) is 25.0 Å². The molecule has 0 amide bonds. The second kappa shape index (κ2) is 25.6. The Labute approximate surface area is 398 Å². The molecule has 0 aliphatic carbocycles. The molecule has 4 aromatic carbocycles. The maximum atomic E-state index is 12.4. The van der Waals surface area contributed by atoms with Crippen LogP contribution in [0.2, 0.25) is 0 Å². The van der Waals surface area contributed by atoms with Crippen molar-refractivity contribution in [1.82, 2.24) is 0 Å². The minimum Gasteiger partial charge on any atom is -0.508 e. The Morgan fingerprint density at radius 3 is 1.51 bits per heavy atom. The molecule has 0 bridgehead atoms. The van der Waals surface area contributed by atoms with Gasteiger partial charge in [0.2, 0.25) is 12.4 Å². The smallest absolute Gasteiger partial charge is 0.373 e. The number of hydrogen-bond donors (Lipinski definition) is 1. The first-order valence-electron chi connectivity index (χ1n) is 21.6. The molecule has 6 aromatic rings. The van der Waals surface area contributed by atoms with Gasteiger partial charge in [-0.3, -0.25) is 24.0 Å². The Morgan fingerprint density at radius 2 is 1.03 bits per heavy atom. The van der Waals surface area contributed by atoms with Crippen LogP contribution in [0.5, 0.6) is 11.5 Å². The summed E-state index contributed by atoms with van der Waals surface area (Å²) < 4.78 is 49.0. The van der Waals surface area contributed by atoms with Crippen LogP contribution in [0.25, 0.3) is 21.9 Å². The van der Waals surface area contributed by atoms with Crippen LogP contribution in [-0.4, -0.2) is 71.8 Å². The van der Waals surface area contributed by atoms with Gasteiger partial charge in [-0.25, -0.2) is 9.59 Å². The van der Waals surface area contributed by atoms with Crippen molar-refractivity contribution in [2.75, 3.05) is 0 Å². The Kier molecular flexibility index (Phi) is 19.3. The summed E-state index contributed by atoms with van der Waals surface area (Å²) in [7, 11) is 0. The molecule has 1 N–H and O–H groups in total. The Balaban J connectivity index is 0.000000284. The molecular weight excluding hydrogens is 917 g/mol. The Bertz CT molecular complexity index is 2920. The fourth-order valence-corrected chi connectivity index (χ4v) is 7.21. The molecule has 0 radical (unpaired) electrons. The number of aryl methyl sites for hydroxylation is 2. The molecule has 0 saturated carbocycles. The SMILES string of the molecule is CC(=O)OC1C(C)OC(Oc2ccc3c(CCC(=O)OCc4ccccc4)cc(=O)oc3c2)C(OC(C)=O)C1OC(C)=O.O=C(CCc1cc(=O)oc2cc(O)ccc12)OCc1ccccc1.O=C=O. The molecule has 366 valence electrons. The maximum absolute atomic E-state index is 12.4. The second-order valence-corrected chi connectivity index (χ2v) is 15.4. The number of ether oxygens (including phenoxy) is 7. The summed E-state index contributed by atoms with van der Waals surface area (Å²) in [6.45, 7) is 5.47. The van der Waals surface area contributed by atoms with Crippen molar-refractivity contribution in [3.05, 3.63) is 152 Å². The van der Waals surface area contributed by atoms with Gasteiger partial charge in [-0.1, -0.05) is 60.7 Å². The lowest BCUT2D eigenvalue weighted by Crippen LogP contribution is -2.62. The molecule has 1 aliphatic rings. The van der Waals surface area contributed by atoms with Crippen LogP contribution in [-0.2, 0) is 88.0 Å². The largest absolute Gasteiger partial charge is 0.508 e. The maximum Gasteiger partial charge on any atom is 0.373 e. The van der Waals surface area contributed by atoms with Crippen molar-refractivity contribution >= 4 is 57.9 Å². The van der Waals surface area contributed by atoms with E-state index in [-0.39, 0.29) is 61.7 Å². The molecule has 70 heavy (non-hydrogen) atoms. The molecule has 19 heteroatoms. The summed E-state index contributed by atoms with van der Waals surface area (Å²) in [4.78, 5) is 100. The van der Waals surface area contributed by atoms with Crippen molar-refractivity contribution in [3.8, 4) is 11.5 Å². The first-order chi connectivity index (χ1) is 33.5. The van der Waals surface area contributed by atoms with Crippen molar-refractivity contribution < 1.29 is 80.7 Å². The zero-order valence-corrected chi connectivity index (χ0v) is 38.3. The number of fused-ring (bicyclic) bond motifs is 2. The molecule has 19 nitrogen and oxygen atoms in total. The first-order valence-corrected chi connectivity index (χ1v) is 21.6. The van der Waals surface area contributed by atoms with Crippen molar-refractivity contribution in [3.63, 3.8) is 0 Å². The number of hydrogen-bond acceptors (Lipinski definition) is 19. The summed E-state index contributed by atoms with van der Waals surface area (Å²) >= 11 is 0. The average Bonchev–Trinajstić information content (AvgIpc) is 3.31. The molecule has 3 heterocycles. The third-order valence-electron chi connectivity index (χ3n) is 10.2. The van der Waals surface area contributed by atoms with Crippen LogP contribution in [0.1, 0.15) is 62.8 Å². The van der Waals surface area contributed by atoms with Crippen LogP contribution >= 0.6 is 0 Å². The molecular formula is C51H48O19. The number of benzene rings is 4. The molecule has 1 aliphatic heterocycles. The van der Waals surface area contributed by atoms with Gasteiger partial charge in [-0.05, 0) is 66.3 Å². The lowest BCUT2D eigenvalue weighted by atomic mass is 9.98. The normalized spacial score (nSPS) is 16.9.